The summed E-state index contributed by atoms with van der Waals surface area (Å²) < 4.78 is 39.2. The molecule has 0 saturated heterocycles. The van der Waals surface area contributed by atoms with Crippen LogP contribution in [0.4, 0.5) is 13.2 Å². The lowest BCUT2D eigenvalue weighted by Gasteiger charge is -2.10. The summed E-state index contributed by atoms with van der Waals surface area (Å²) in [7, 11) is 0. The Morgan fingerprint density at radius 2 is 2.14 bits per heavy atom. The second kappa shape index (κ2) is 3.54. The van der Waals surface area contributed by atoms with Crippen LogP contribution in [0.2, 0.25) is 0 Å². The molecule has 6 heteroatoms. The molecule has 0 bridgehead atoms. The Balaban J connectivity index is 3.06. The Morgan fingerprint density at radius 3 is 2.64 bits per heavy atom. The van der Waals surface area contributed by atoms with Crippen LogP contribution < -0.4 is 4.74 Å². The van der Waals surface area contributed by atoms with Crippen LogP contribution in [0, 0.1) is 18.3 Å². The highest BCUT2D eigenvalue weighted by Crippen LogP contribution is 2.26. The van der Waals surface area contributed by atoms with Gasteiger partial charge in [-0.05, 0) is 13.0 Å². The zero-order valence-electron chi connectivity index (χ0n) is 7.09. The van der Waals surface area contributed by atoms with Crippen molar-refractivity contribution in [3.8, 4) is 11.8 Å². The van der Waals surface area contributed by atoms with Crippen molar-refractivity contribution in [3.63, 3.8) is 0 Å². The lowest BCUT2D eigenvalue weighted by atomic mass is 10.2. The molecule has 0 N–H and O–H groups in total. The SMILES string of the molecule is Cc1c(OC(F)(F)F)ccnc1C#N. The third-order valence-electron chi connectivity index (χ3n) is 1.49. The van der Waals surface area contributed by atoms with E-state index in [9.17, 15) is 13.2 Å². The van der Waals surface area contributed by atoms with Crippen molar-refractivity contribution in [3.05, 3.63) is 23.5 Å². The van der Waals surface area contributed by atoms with E-state index in [1.165, 1.54) is 6.92 Å². The summed E-state index contributed by atoms with van der Waals surface area (Å²) in [5, 5.41) is 8.49. The number of nitrogens with zero attached hydrogens (tertiary/aromatic N) is 2. The maximum Gasteiger partial charge on any atom is 0.573 e. The number of halogens is 3. The number of hydrogen-bond acceptors (Lipinski definition) is 3. The van der Waals surface area contributed by atoms with Gasteiger partial charge in [0.1, 0.15) is 17.5 Å². The van der Waals surface area contributed by atoms with Crippen LogP contribution in [0.25, 0.3) is 0 Å². The second-order valence-corrected chi connectivity index (χ2v) is 2.44. The zero-order valence-corrected chi connectivity index (χ0v) is 7.09. The Bertz CT molecular complexity index is 381. The van der Waals surface area contributed by atoms with Crippen molar-refractivity contribution in [2.75, 3.05) is 0 Å². The number of pyridine rings is 1. The Kier molecular flexibility index (Phi) is 2.60. The van der Waals surface area contributed by atoms with Crippen LogP contribution >= 0.6 is 0 Å². The quantitative estimate of drug-likeness (QED) is 0.700. The number of alkyl halides is 3. The number of nitriles is 1. The molecule has 0 spiro atoms. The molecule has 1 heterocycles. The predicted molar refractivity (Wildman–Crippen MR) is 40.4 cm³/mol. The highest BCUT2D eigenvalue weighted by molar-refractivity contribution is 5.40. The van der Waals surface area contributed by atoms with E-state index in [0.29, 0.717) is 0 Å². The molecule has 14 heavy (non-hydrogen) atoms. The summed E-state index contributed by atoms with van der Waals surface area (Å²) in [6, 6.07) is 2.72. The van der Waals surface area contributed by atoms with E-state index in [0.717, 1.165) is 12.3 Å². The summed E-state index contributed by atoms with van der Waals surface area (Å²) in [4.78, 5) is 3.58. The van der Waals surface area contributed by atoms with Crippen molar-refractivity contribution in [1.29, 1.82) is 5.26 Å². The third kappa shape index (κ3) is 2.36. The standard InChI is InChI=1S/C8H5F3N2O/c1-5-6(4-12)13-3-2-7(5)14-8(9,10)11/h2-3H,1H3. The Morgan fingerprint density at radius 1 is 1.50 bits per heavy atom. The average Bonchev–Trinajstić information content (AvgIpc) is 2.06. The van der Waals surface area contributed by atoms with E-state index in [-0.39, 0.29) is 11.3 Å². The number of hydrogen-bond donors (Lipinski definition) is 0. The molecular formula is C8H5F3N2O. The van der Waals surface area contributed by atoms with E-state index in [1.807, 2.05) is 0 Å². The maximum atomic E-state index is 11.8. The highest BCUT2D eigenvalue weighted by Gasteiger charge is 2.32. The first-order chi connectivity index (χ1) is 6.44. The number of rotatable bonds is 1. The summed E-state index contributed by atoms with van der Waals surface area (Å²) >= 11 is 0. The van der Waals surface area contributed by atoms with Gasteiger partial charge >= 0.3 is 6.36 Å². The second-order valence-electron chi connectivity index (χ2n) is 2.44. The maximum absolute atomic E-state index is 11.8. The smallest absolute Gasteiger partial charge is 0.405 e. The van der Waals surface area contributed by atoms with Crippen molar-refractivity contribution in [2.24, 2.45) is 0 Å². The summed E-state index contributed by atoms with van der Waals surface area (Å²) in [5.74, 6) is -0.399. The molecule has 0 aliphatic carbocycles. The van der Waals surface area contributed by atoms with Gasteiger partial charge in [0, 0.05) is 11.8 Å². The normalized spacial score (nSPS) is 10.8. The minimum Gasteiger partial charge on any atom is -0.405 e. The largest absolute Gasteiger partial charge is 0.573 e. The molecule has 0 unspecified atom stereocenters. The molecule has 0 aromatic carbocycles. The van der Waals surface area contributed by atoms with Gasteiger partial charge in [0.15, 0.2) is 0 Å². The molecule has 1 rings (SSSR count). The first-order valence-corrected chi connectivity index (χ1v) is 3.55. The molecule has 0 aliphatic heterocycles. The van der Waals surface area contributed by atoms with Crippen LogP contribution in [0.3, 0.4) is 0 Å². The van der Waals surface area contributed by atoms with Gasteiger partial charge in [0.25, 0.3) is 0 Å². The van der Waals surface area contributed by atoms with E-state index in [4.69, 9.17) is 5.26 Å². The van der Waals surface area contributed by atoms with Crippen LogP contribution in [-0.4, -0.2) is 11.3 Å². The van der Waals surface area contributed by atoms with Gasteiger partial charge in [-0.25, -0.2) is 4.98 Å². The molecule has 0 radical (unpaired) electrons. The van der Waals surface area contributed by atoms with Gasteiger partial charge in [-0.1, -0.05) is 0 Å². The third-order valence-corrected chi connectivity index (χ3v) is 1.49. The van der Waals surface area contributed by atoms with Gasteiger partial charge in [0.2, 0.25) is 0 Å². The molecule has 0 aliphatic rings. The monoisotopic (exact) mass is 202 g/mol. The minimum absolute atomic E-state index is 0.0762. The molecule has 0 saturated carbocycles. The molecular weight excluding hydrogens is 197 g/mol. The van der Waals surface area contributed by atoms with Gasteiger partial charge in [-0.2, -0.15) is 5.26 Å². The van der Waals surface area contributed by atoms with Crippen molar-refractivity contribution in [2.45, 2.75) is 13.3 Å². The lowest BCUT2D eigenvalue weighted by molar-refractivity contribution is -0.274. The van der Waals surface area contributed by atoms with Crippen molar-refractivity contribution < 1.29 is 17.9 Å². The topological polar surface area (TPSA) is 45.9 Å². The predicted octanol–water partition coefficient (Wildman–Crippen LogP) is 2.16. The molecule has 74 valence electrons. The van der Waals surface area contributed by atoms with Crippen LogP contribution in [-0.2, 0) is 0 Å². The van der Waals surface area contributed by atoms with Crippen molar-refractivity contribution >= 4 is 0 Å². The number of aromatic nitrogens is 1. The minimum atomic E-state index is -4.75. The van der Waals surface area contributed by atoms with Gasteiger partial charge < -0.3 is 4.74 Å². The molecule has 3 nitrogen and oxygen atoms in total. The summed E-state index contributed by atoms with van der Waals surface area (Å²) in [6.45, 7) is 1.34. The molecule has 0 amide bonds. The van der Waals surface area contributed by atoms with Crippen LogP contribution in [0.5, 0.6) is 5.75 Å². The van der Waals surface area contributed by atoms with Gasteiger partial charge in [-0.3, -0.25) is 0 Å². The number of ether oxygens (including phenoxy) is 1. The van der Waals surface area contributed by atoms with Gasteiger partial charge in [-0.15, -0.1) is 13.2 Å². The molecule has 0 fully saturated rings. The van der Waals surface area contributed by atoms with Crippen LogP contribution in [0.1, 0.15) is 11.3 Å². The van der Waals surface area contributed by atoms with E-state index in [1.54, 1.807) is 6.07 Å². The highest BCUT2D eigenvalue weighted by atomic mass is 19.4. The summed E-state index contributed by atoms with van der Waals surface area (Å²) in [6.07, 6.45) is -3.66. The average molecular weight is 202 g/mol. The molecule has 0 atom stereocenters. The van der Waals surface area contributed by atoms with Crippen LogP contribution in [0.15, 0.2) is 12.3 Å². The first kappa shape index (κ1) is 10.3. The van der Waals surface area contributed by atoms with Gasteiger partial charge in [0.05, 0.1) is 0 Å². The zero-order chi connectivity index (χ0) is 10.8. The van der Waals surface area contributed by atoms with E-state index >= 15 is 0 Å². The molecule has 1 aromatic heterocycles. The van der Waals surface area contributed by atoms with Crippen molar-refractivity contribution in [1.82, 2.24) is 4.98 Å². The fraction of sp³-hybridized carbons (Fsp3) is 0.250. The first-order valence-electron chi connectivity index (χ1n) is 3.55. The summed E-state index contributed by atoms with van der Waals surface area (Å²) in [5.41, 5.74) is -0.000856. The fourth-order valence-electron chi connectivity index (χ4n) is 0.866. The lowest BCUT2D eigenvalue weighted by Crippen LogP contribution is -2.18. The van der Waals surface area contributed by atoms with E-state index in [2.05, 4.69) is 9.72 Å². The Labute approximate surface area is 77.7 Å². The molecule has 1 aromatic rings. The Hall–Kier alpha value is -1.77. The van der Waals surface area contributed by atoms with E-state index < -0.39 is 12.1 Å². The fourth-order valence-corrected chi connectivity index (χ4v) is 0.866.